The van der Waals surface area contributed by atoms with Gasteiger partial charge in [-0.3, -0.25) is 4.79 Å². The summed E-state index contributed by atoms with van der Waals surface area (Å²) in [5.41, 5.74) is 2.97. The van der Waals surface area contributed by atoms with Gasteiger partial charge in [-0.25, -0.2) is 13.8 Å². The SMILES string of the molecule is O=C(c1ccc2ncsc2c1)N1CCC(F)(F)C1. The summed E-state index contributed by atoms with van der Waals surface area (Å²) in [5.74, 6) is -3.08. The molecular formula is C12H10F2N2OS. The average Bonchev–Trinajstić information content (AvgIpc) is 2.93. The third kappa shape index (κ3) is 1.96. The van der Waals surface area contributed by atoms with Gasteiger partial charge < -0.3 is 4.90 Å². The van der Waals surface area contributed by atoms with Gasteiger partial charge in [0.1, 0.15) is 0 Å². The molecule has 0 bridgehead atoms. The maximum absolute atomic E-state index is 13.1. The van der Waals surface area contributed by atoms with E-state index in [9.17, 15) is 13.6 Å². The van der Waals surface area contributed by atoms with Gasteiger partial charge in [-0.2, -0.15) is 0 Å². The van der Waals surface area contributed by atoms with E-state index in [2.05, 4.69) is 4.98 Å². The summed E-state index contributed by atoms with van der Waals surface area (Å²) in [6.07, 6.45) is -0.248. The molecule has 1 aromatic heterocycles. The van der Waals surface area contributed by atoms with E-state index in [4.69, 9.17) is 0 Å². The number of carbonyl (C=O) groups is 1. The molecule has 94 valence electrons. The van der Waals surface area contributed by atoms with Gasteiger partial charge in [0.25, 0.3) is 11.8 Å². The molecule has 1 aliphatic rings. The van der Waals surface area contributed by atoms with E-state index < -0.39 is 12.5 Å². The molecule has 0 radical (unpaired) electrons. The Bertz CT molecular complexity index is 611. The zero-order valence-electron chi connectivity index (χ0n) is 9.40. The van der Waals surface area contributed by atoms with Crippen molar-refractivity contribution in [2.24, 2.45) is 0 Å². The Kier molecular flexibility index (Phi) is 2.55. The molecule has 1 aromatic carbocycles. The Morgan fingerprint density at radius 1 is 1.44 bits per heavy atom. The highest BCUT2D eigenvalue weighted by molar-refractivity contribution is 7.16. The highest BCUT2D eigenvalue weighted by atomic mass is 32.1. The third-order valence-electron chi connectivity index (χ3n) is 3.04. The van der Waals surface area contributed by atoms with Crippen molar-refractivity contribution < 1.29 is 13.6 Å². The minimum absolute atomic E-state index is 0.118. The van der Waals surface area contributed by atoms with E-state index in [1.165, 1.54) is 16.2 Å². The van der Waals surface area contributed by atoms with Gasteiger partial charge in [-0.15, -0.1) is 11.3 Å². The van der Waals surface area contributed by atoms with Gasteiger partial charge in [-0.1, -0.05) is 0 Å². The second-order valence-corrected chi connectivity index (χ2v) is 5.25. The van der Waals surface area contributed by atoms with Crippen LogP contribution in [0, 0.1) is 0 Å². The van der Waals surface area contributed by atoms with Crippen molar-refractivity contribution >= 4 is 27.5 Å². The predicted octanol–water partition coefficient (Wildman–Crippen LogP) is 2.78. The first kappa shape index (κ1) is 11.5. The lowest BCUT2D eigenvalue weighted by Gasteiger charge is -2.15. The van der Waals surface area contributed by atoms with Crippen molar-refractivity contribution in [1.29, 1.82) is 0 Å². The second kappa shape index (κ2) is 3.98. The third-order valence-corrected chi connectivity index (χ3v) is 3.83. The van der Waals surface area contributed by atoms with Crippen LogP contribution >= 0.6 is 11.3 Å². The molecule has 1 saturated heterocycles. The number of nitrogens with zero attached hydrogens (tertiary/aromatic N) is 2. The van der Waals surface area contributed by atoms with E-state index >= 15 is 0 Å². The van der Waals surface area contributed by atoms with Gasteiger partial charge in [0, 0.05) is 18.5 Å². The fourth-order valence-electron chi connectivity index (χ4n) is 2.08. The van der Waals surface area contributed by atoms with E-state index in [0.717, 1.165) is 10.2 Å². The van der Waals surface area contributed by atoms with Crippen molar-refractivity contribution in [3.8, 4) is 0 Å². The largest absolute Gasteiger partial charge is 0.332 e. The average molecular weight is 268 g/mol. The molecular weight excluding hydrogens is 258 g/mol. The van der Waals surface area contributed by atoms with Crippen LogP contribution in [0.3, 0.4) is 0 Å². The van der Waals surface area contributed by atoms with Crippen LogP contribution in [0.15, 0.2) is 23.7 Å². The monoisotopic (exact) mass is 268 g/mol. The molecule has 2 heterocycles. The number of rotatable bonds is 1. The van der Waals surface area contributed by atoms with Gasteiger partial charge in [0.05, 0.1) is 22.3 Å². The number of hydrogen-bond acceptors (Lipinski definition) is 3. The van der Waals surface area contributed by atoms with Crippen LogP contribution in [0.25, 0.3) is 10.2 Å². The van der Waals surface area contributed by atoms with Crippen molar-refractivity contribution in [1.82, 2.24) is 9.88 Å². The molecule has 3 rings (SSSR count). The number of benzene rings is 1. The fourth-order valence-corrected chi connectivity index (χ4v) is 2.80. The summed E-state index contributed by atoms with van der Waals surface area (Å²) in [6.45, 7) is -0.362. The highest BCUT2D eigenvalue weighted by Gasteiger charge is 2.40. The standard InChI is InChI=1S/C12H10F2N2OS/c13-12(14)3-4-16(6-12)11(17)8-1-2-9-10(5-8)18-7-15-9/h1-2,5,7H,3-4,6H2. The van der Waals surface area contributed by atoms with Crippen molar-refractivity contribution in [2.45, 2.75) is 12.3 Å². The number of likely N-dealkylation sites (tertiary alicyclic amines) is 1. The van der Waals surface area contributed by atoms with Crippen LogP contribution in [0.2, 0.25) is 0 Å². The summed E-state index contributed by atoms with van der Waals surface area (Å²) < 4.78 is 27.0. The van der Waals surface area contributed by atoms with E-state index in [-0.39, 0.29) is 18.9 Å². The summed E-state index contributed by atoms with van der Waals surface area (Å²) in [5, 5.41) is 0. The van der Waals surface area contributed by atoms with Crippen molar-refractivity contribution in [3.05, 3.63) is 29.3 Å². The van der Waals surface area contributed by atoms with Crippen molar-refractivity contribution in [2.75, 3.05) is 13.1 Å². The first-order valence-corrected chi connectivity index (χ1v) is 6.43. The Hall–Kier alpha value is -1.56. The molecule has 0 spiro atoms. The van der Waals surface area contributed by atoms with E-state index in [0.29, 0.717) is 5.56 Å². The highest BCUT2D eigenvalue weighted by Crippen LogP contribution is 2.28. The lowest BCUT2D eigenvalue weighted by atomic mass is 10.2. The number of alkyl halides is 2. The molecule has 0 atom stereocenters. The summed E-state index contributed by atoms with van der Waals surface area (Å²) in [6, 6.07) is 5.10. The van der Waals surface area contributed by atoms with Crippen LogP contribution in [0.5, 0.6) is 0 Å². The van der Waals surface area contributed by atoms with Crippen LogP contribution in [0.1, 0.15) is 16.8 Å². The lowest BCUT2D eigenvalue weighted by molar-refractivity contribution is 0.0120. The molecule has 0 aliphatic carbocycles. The number of thiazole rings is 1. The number of amides is 1. The molecule has 18 heavy (non-hydrogen) atoms. The predicted molar refractivity (Wildman–Crippen MR) is 65.1 cm³/mol. The molecule has 6 heteroatoms. The molecule has 2 aromatic rings. The summed E-state index contributed by atoms with van der Waals surface area (Å²) in [4.78, 5) is 17.4. The first-order chi connectivity index (χ1) is 8.55. The Balaban J connectivity index is 1.88. The maximum atomic E-state index is 13.1. The van der Waals surface area contributed by atoms with Crippen LogP contribution < -0.4 is 0 Å². The smallest absolute Gasteiger partial charge is 0.267 e. The lowest BCUT2D eigenvalue weighted by Crippen LogP contribution is -2.31. The van der Waals surface area contributed by atoms with Crippen LogP contribution in [-0.2, 0) is 0 Å². The topological polar surface area (TPSA) is 33.2 Å². The fraction of sp³-hybridized carbons (Fsp3) is 0.333. The molecule has 1 aliphatic heterocycles. The van der Waals surface area contributed by atoms with Crippen LogP contribution in [-0.4, -0.2) is 34.8 Å². The summed E-state index contributed by atoms with van der Waals surface area (Å²) in [7, 11) is 0. The van der Waals surface area contributed by atoms with E-state index in [1.807, 2.05) is 0 Å². The number of fused-ring (bicyclic) bond motifs is 1. The molecule has 1 amide bonds. The van der Waals surface area contributed by atoms with E-state index in [1.54, 1.807) is 23.7 Å². The number of carbonyl (C=O) groups excluding carboxylic acids is 1. The number of halogens is 2. The zero-order chi connectivity index (χ0) is 12.8. The molecule has 0 saturated carbocycles. The van der Waals surface area contributed by atoms with Crippen LogP contribution in [0.4, 0.5) is 8.78 Å². The Morgan fingerprint density at radius 3 is 3.00 bits per heavy atom. The van der Waals surface area contributed by atoms with Crippen molar-refractivity contribution in [3.63, 3.8) is 0 Å². The van der Waals surface area contributed by atoms with Gasteiger partial charge in [-0.05, 0) is 18.2 Å². The van der Waals surface area contributed by atoms with Gasteiger partial charge >= 0.3 is 0 Å². The normalized spacial score (nSPS) is 18.4. The number of hydrogen-bond donors (Lipinski definition) is 0. The minimum atomic E-state index is -2.75. The zero-order valence-corrected chi connectivity index (χ0v) is 10.2. The second-order valence-electron chi connectivity index (χ2n) is 4.37. The molecule has 3 nitrogen and oxygen atoms in total. The summed E-state index contributed by atoms with van der Waals surface area (Å²) >= 11 is 1.43. The number of aromatic nitrogens is 1. The Morgan fingerprint density at radius 2 is 2.28 bits per heavy atom. The van der Waals surface area contributed by atoms with Gasteiger partial charge in [0.2, 0.25) is 0 Å². The molecule has 0 N–H and O–H groups in total. The molecule has 1 fully saturated rings. The first-order valence-electron chi connectivity index (χ1n) is 5.55. The maximum Gasteiger partial charge on any atom is 0.267 e. The minimum Gasteiger partial charge on any atom is -0.332 e. The Labute approximate surface area is 106 Å². The van der Waals surface area contributed by atoms with Gasteiger partial charge in [0.15, 0.2) is 0 Å². The quantitative estimate of drug-likeness (QED) is 0.796. The molecule has 0 unspecified atom stereocenters.